The van der Waals surface area contributed by atoms with Crippen molar-refractivity contribution in [2.75, 3.05) is 7.05 Å². The number of benzene rings is 1. The van der Waals surface area contributed by atoms with E-state index in [9.17, 15) is 5.11 Å². The molecule has 2 N–H and O–H groups in total. The lowest BCUT2D eigenvalue weighted by molar-refractivity contribution is 0.110. The normalized spacial score (nSPS) is 15.5. The van der Waals surface area contributed by atoms with Gasteiger partial charge in [-0.2, -0.15) is 0 Å². The van der Waals surface area contributed by atoms with Gasteiger partial charge in [-0.15, -0.1) is 0 Å². The molecule has 0 heterocycles. The van der Waals surface area contributed by atoms with Crippen LogP contribution < -0.4 is 5.32 Å². The van der Waals surface area contributed by atoms with Crippen LogP contribution in [0.2, 0.25) is 0 Å². The highest BCUT2D eigenvalue weighted by Gasteiger charge is 2.21. The fourth-order valence-electron chi connectivity index (χ4n) is 1.71. The molecule has 1 aromatic rings. The molecule has 0 saturated heterocycles. The lowest BCUT2D eigenvalue weighted by atomic mass is 9.94. The number of likely N-dealkylation sites (N-methyl/N-ethyl adjacent to an activating group) is 1. The average Bonchev–Trinajstić information content (AvgIpc) is 2.19. The molecule has 1 aromatic carbocycles. The van der Waals surface area contributed by atoms with Gasteiger partial charge in [0.15, 0.2) is 0 Å². The first-order chi connectivity index (χ1) is 6.66. The molecule has 2 nitrogen and oxygen atoms in total. The second kappa shape index (κ2) is 5.13. The minimum absolute atomic E-state index is 0.109. The van der Waals surface area contributed by atoms with Crippen LogP contribution in [0, 0.1) is 5.92 Å². The number of rotatable bonds is 4. The smallest absolute Gasteiger partial charge is 0.0945 e. The first-order valence-electron chi connectivity index (χ1n) is 5.07. The summed E-state index contributed by atoms with van der Waals surface area (Å²) in [7, 11) is 1.89. The molecule has 0 aliphatic carbocycles. The van der Waals surface area contributed by atoms with Crippen molar-refractivity contribution in [2.45, 2.75) is 26.0 Å². The molecular weight excluding hydrogens is 174 g/mol. The molecule has 0 spiro atoms. The Morgan fingerprint density at radius 3 is 2.14 bits per heavy atom. The Morgan fingerprint density at radius 1 is 1.14 bits per heavy atom. The summed E-state index contributed by atoms with van der Waals surface area (Å²) < 4.78 is 0. The summed E-state index contributed by atoms with van der Waals surface area (Å²) in [6.45, 7) is 4.21. The van der Waals surface area contributed by atoms with E-state index in [1.807, 2.05) is 37.4 Å². The van der Waals surface area contributed by atoms with E-state index in [0.29, 0.717) is 5.92 Å². The van der Waals surface area contributed by atoms with Crippen LogP contribution in [0.1, 0.15) is 25.5 Å². The van der Waals surface area contributed by atoms with Gasteiger partial charge in [0.25, 0.3) is 0 Å². The van der Waals surface area contributed by atoms with Gasteiger partial charge in [0.05, 0.1) is 6.10 Å². The van der Waals surface area contributed by atoms with Crippen molar-refractivity contribution < 1.29 is 5.11 Å². The van der Waals surface area contributed by atoms with Crippen molar-refractivity contribution in [1.29, 1.82) is 0 Å². The lowest BCUT2D eigenvalue weighted by Gasteiger charge is -2.26. The van der Waals surface area contributed by atoms with E-state index in [1.54, 1.807) is 0 Å². The number of aliphatic hydroxyl groups is 1. The minimum atomic E-state index is -0.429. The standard InChI is InChI=1S/C12H19NO/c1-9(2)11(13-3)12(14)10-7-5-4-6-8-10/h4-9,11-14H,1-3H3/t11-,12-/m1/s1. The molecule has 0 unspecified atom stereocenters. The van der Waals surface area contributed by atoms with Crippen molar-refractivity contribution in [3.8, 4) is 0 Å². The Labute approximate surface area is 86.0 Å². The fraction of sp³-hybridized carbons (Fsp3) is 0.500. The topological polar surface area (TPSA) is 32.3 Å². The third kappa shape index (κ3) is 2.56. The molecule has 0 fully saturated rings. The van der Waals surface area contributed by atoms with Gasteiger partial charge in [-0.05, 0) is 18.5 Å². The van der Waals surface area contributed by atoms with E-state index in [2.05, 4.69) is 19.2 Å². The molecule has 0 aliphatic rings. The Kier molecular flexibility index (Phi) is 4.11. The molecule has 2 atom stereocenters. The summed E-state index contributed by atoms with van der Waals surface area (Å²) in [4.78, 5) is 0. The van der Waals surface area contributed by atoms with E-state index >= 15 is 0 Å². The molecule has 78 valence electrons. The van der Waals surface area contributed by atoms with E-state index < -0.39 is 6.10 Å². The third-order valence-corrected chi connectivity index (χ3v) is 2.53. The van der Waals surface area contributed by atoms with Gasteiger partial charge >= 0.3 is 0 Å². The predicted octanol–water partition coefficient (Wildman–Crippen LogP) is 1.96. The summed E-state index contributed by atoms with van der Waals surface area (Å²) in [5.74, 6) is 0.412. The summed E-state index contributed by atoms with van der Waals surface area (Å²) in [6.07, 6.45) is -0.429. The maximum Gasteiger partial charge on any atom is 0.0945 e. The van der Waals surface area contributed by atoms with E-state index in [4.69, 9.17) is 0 Å². The van der Waals surface area contributed by atoms with Gasteiger partial charge in [0.2, 0.25) is 0 Å². The lowest BCUT2D eigenvalue weighted by Crippen LogP contribution is -2.36. The Hall–Kier alpha value is -0.860. The summed E-state index contributed by atoms with van der Waals surface area (Å²) in [6, 6.07) is 9.88. The van der Waals surface area contributed by atoms with Gasteiger partial charge in [-0.1, -0.05) is 44.2 Å². The highest BCUT2D eigenvalue weighted by molar-refractivity contribution is 5.18. The maximum absolute atomic E-state index is 10.1. The zero-order chi connectivity index (χ0) is 10.6. The van der Waals surface area contributed by atoms with Gasteiger partial charge in [-0.3, -0.25) is 0 Å². The van der Waals surface area contributed by atoms with Gasteiger partial charge < -0.3 is 10.4 Å². The molecule has 14 heavy (non-hydrogen) atoms. The number of nitrogens with one attached hydrogen (secondary N) is 1. The van der Waals surface area contributed by atoms with E-state index in [-0.39, 0.29) is 6.04 Å². The molecule has 0 saturated carbocycles. The maximum atomic E-state index is 10.1. The van der Waals surface area contributed by atoms with Gasteiger partial charge in [0.1, 0.15) is 0 Å². The minimum Gasteiger partial charge on any atom is -0.387 e. The Morgan fingerprint density at radius 2 is 1.71 bits per heavy atom. The highest BCUT2D eigenvalue weighted by atomic mass is 16.3. The van der Waals surface area contributed by atoms with Crippen LogP contribution in [-0.4, -0.2) is 18.2 Å². The van der Waals surface area contributed by atoms with Gasteiger partial charge in [0, 0.05) is 6.04 Å². The average molecular weight is 193 g/mol. The SMILES string of the molecule is CN[C@H](C(C)C)[C@H](O)c1ccccc1. The number of hydrogen-bond donors (Lipinski definition) is 2. The zero-order valence-electron chi connectivity index (χ0n) is 9.07. The third-order valence-electron chi connectivity index (χ3n) is 2.53. The molecule has 0 bridgehead atoms. The molecule has 0 amide bonds. The summed E-state index contributed by atoms with van der Waals surface area (Å²) in [5, 5.41) is 13.2. The van der Waals surface area contributed by atoms with Crippen LogP contribution in [0.3, 0.4) is 0 Å². The van der Waals surface area contributed by atoms with Crippen LogP contribution >= 0.6 is 0 Å². The molecule has 2 heteroatoms. The van der Waals surface area contributed by atoms with Crippen molar-refractivity contribution in [3.05, 3.63) is 35.9 Å². The largest absolute Gasteiger partial charge is 0.387 e. The van der Waals surface area contributed by atoms with E-state index in [1.165, 1.54) is 0 Å². The van der Waals surface area contributed by atoms with Crippen molar-refractivity contribution in [2.24, 2.45) is 5.92 Å². The number of hydrogen-bond acceptors (Lipinski definition) is 2. The first kappa shape index (κ1) is 11.2. The summed E-state index contributed by atoms with van der Waals surface area (Å²) >= 11 is 0. The van der Waals surface area contributed by atoms with Crippen LogP contribution in [-0.2, 0) is 0 Å². The van der Waals surface area contributed by atoms with Crippen molar-refractivity contribution >= 4 is 0 Å². The van der Waals surface area contributed by atoms with Crippen LogP contribution in [0.4, 0.5) is 0 Å². The predicted molar refractivity (Wildman–Crippen MR) is 59.1 cm³/mol. The Bertz CT molecular complexity index is 258. The first-order valence-corrected chi connectivity index (χ1v) is 5.07. The van der Waals surface area contributed by atoms with Crippen LogP contribution in [0.5, 0.6) is 0 Å². The quantitative estimate of drug-likeness (QED) is 0.766. The second-order valence-corrected chi connectivity index (χ2v) is 3.91. The molecule has 0 aromatic heterocycles. The molecule has 0 radical (unpaired) electrons. The zero-order valence-corrected chi connectivity index (χ0v) is 9.07. The van der Waals surface area contributed by atoms with E-state index in [0.717, 1.165) is 5.56 Å². The number of aliphatic hydroxyl groups excluding tert-OH is 1. The van der Waals surface area contributed by atoms with Crippen LogP contribution in [0.25, 0.3) is 0 Å². The van der Waals surface area contributed by atoms with Crippen molar-refractivity contribution in [3.63, 3.8) is 0 Å². The molecule has 0 aliphatic heterocycles. The monoisotopic (exact) mass is 193 g/mol. The molecule has 1 rings (SSSR count). The summed E-state index contributed by atoms with van der Waals surface area (Å²) in [5.41, 5.74) is 0.973. The Balaban J connectivity index is 2.78. The second-order valence-electron chi connectivity index (χ2n) is 3.91. The molecular formula is C12H19NO. The highest BCUT2D eigenvalue weighted by Crippen LogP contribution is 2.20. The van der Waals surface area contributed by atoms with Crippen LogP contribution in [0.15, 0.2) is 30.3 Å². The fourth-order valence-corrected chi connectivity index (χ4v) is 1.71. The van der Waals surface area contributed by atoms with Crippen molar-refractivity contribution in [1.82, 2.24) is 5.32 Å². The van der Waals surface area contributed by atoms with Gasteiger partial charge in [-0.25, -0.2) is 0 Å².